The quantitative estimate of drug-likeness (QED) is 0.790. The van der Waals surface area contributed by atoms with Crippen molar-refractivity contribution < 1.29 is 4.74 Å². The Labute approximate surface area is 161 Å². The van der Waals surface area contributed by atoms with Gasteiger partial charge in [-0.25, -0.2) is 0 Å². The highest BCUT2D eigenvalue weighted by molar-refractivity contribution is 7.80. The van der Waals surface area contributed by atoms with Crippen molar-refractivity contribution in [1.82, 2.24) is 10.2 Å². The normalized spacial score (nSPS) is 14.1. The molecule has 1 aliphatic heterocycles. The van der Waals surface area contributed by atoms with Gasteiger partial charge in [0, 0.05) is 38.9 Å². The summed E-state index contributed by atoms with van der Waals surface area (Å²) in [6, 6.07) is 19.2. The van der Waals surface area contributed by atoms with Crippen LogP contribution in [0.3, 0.4) is 0 Å². The Morgan fingerprint density at radius 1 is 1.04 bits per heavy atom. The largest absolute Gasteiger partial charge is 0.378 e. The van der Waals surface area contributed by atoms with Crippen molar-refractivity contribution in [3.05, 3.63) is 65.7 Å². The Morgan fingerprint density at radius 3 is 2.42 bits per heavy atom. The average molecular weight is 370 g/mol. The maximum Gasteiger partial charge on any atom is 0.168 e. The molecule has 26 heavy (non-hydrogen) atoms. The molecule has 0 aromatic heterocycles. The molecule has 0 spiro atoms. The summed E-state index contributed by atoms with van der Waals surface area (Å²) in [4.78, 5) is 4.46. The maximum atomic E-state index is 5.51. The smallest absolute Gasteiger partial charge is 0.168 e. The third-order valence-corrected chi connectivity index (χ3v) is 5.07. The van der Waals surface area contributed by atoms with Crippen molar-refractivity contribution in [3.63, 3.8) is 0 Å². The van der Waals surface area contributed by atoms with E-state index in [1.54, 1.807) is 0 Å². The lowest BCUT2D eigenvalue weighted by atomic mass is 10.1. The number of nitrogens with one attached hydrogen (secondary N) is 1. The molecule has 0 aliphatic carbocycles. The van der Waals surface area contributed by atoms with Crippen molar-refractivity contribution in [3.8, 4) is 0 Å². The van der Waals surface area contributed by atoms with E-state index in [4.69, 9.17) is 17.0 Å². The van der Waals surface area contributed by atoms with Crippen molar-refractivity contribution in [1.29, 1.82) is 0 Å². The Kier molecular flexibility index (Phi) is 6.86. The number of nitrogens with zero attached hydrogens (tertiary/aromatic N) is 2. The minimum atomic E-state index is 0.790. The summed E-state index contributed by atoms with van der Waals surface area (Å²) in [6.45, 7) is 5.22. The predicted octanol–water partition coefficient (Wildman–Crippen LogP) is 3.07. The van der Waals surface area contributed by atoms with Crippen LogP contribution in [0.15, 0.2) is 54.6 Å². The summed E-state index contributed by atoms with van der Waals surface area (Å²) < 4.78 is 5.41. The van der Waals surface area contributed by atoms with E-state index in [1.807, 2.05) is 13.1 Å². The van der Waals surface area contributed by atoms with E-state index < -0.39 is 0 Å². The van der Waals surface area contributed by atoms with Crippen LogP contribution in [0.4, 0.5) is 5.69 Å². The maximum absolute atomic E-state index is 5.51. The minimum absolute atomic E-state index is 0.790. The first kappa shape index (κ1) is 18.7. The zero-order valence-corrected chi connectivity index (χ0v) is 16.2. The van der Waals surface area contributed by atoms with Crippen LogP contribution >= 0.6 is 12.2 Å². The van der Waals surface area contributed by atoms with E-state index in [2.05, 4.69) is 63.6 Å². The highest BCUT2D eigenvalue weighted by atomic mass is 32.1. The Hall–Kier alpha value is -2.11. The monoisotopic (exact) mass is 369 g/mol. The molecular formula is C21H27N3OS. The highest BCUT2D eigenvalue weighted by Crippen LogP contribution is 2.17. The fraction of sp³-hybridized carbons (Fsp3) is 0.381. The van der Waals surface area contributed by atoms with Crippen LogP contribution in [-0.4, -0.2) is 49.9 Å². The molecule has 0 bridgehead atoms. The van der Waals surface area contributed by atoms with Gasteiger partial charge in [0.25, 0.3) is 0 Å². The molecule has 1 heterocycles. The number of thiocarbonyl (C=S) groups is 1. The Balaban J connectivity index is 1.44. The third kappa shape index (κ3) is 5.44. The molecule has 1 N–H and O–H groups in total. The SMILES string of the molecule is CN(Cc1ccc(N2CCOCC2)cc1)C(=S)NCCc1ccccc1. The van der Waals surface area contributed by atoms with E-state index in [-0.39, 0.29) is 0 Å². The van der Waals surface area contributed by atoms with Gasteiger partial charge in [-0.1, -0.05) is 42.5 Å². The molecule has 4 nitrogen and oxygen atoms in total. The minimum Gasteiger partial charge on any atom is -0.378 e. The van der Waals surface area contributed by atoms with E-state index in [1.165, 1.54) is 16.8 Å². The first-order valence-electron chi connectivity index (χ1n) is 9.17. The molecule has 0 unspecified atom stereocenters. The van der Waals surface area contributed by atoms with Crippen LogP contribution in [0.25, 0.3) is 0 Å². The fourth-order valence-electron chi connectivity index (χ4n) is 3.07. The van der Waals surface area contributed by atoms with Gasteiger partial charge >= 0.3 is 0 Å². The average Bonchev–Trinajstić information content (AvgIpc) is 2.70. The number of anilines is 1. The zero-order chi connectivity index (χ0) is 18.2. The van der Waals surface area contributed by atoms with Gasteiger partial charge in [0.2, 0.25) is 0 Å². The van der Waals surface area contributed by atoms with Gasteiger partial charge in [0.05, 0.1) is 13.2 Å². The first-order valence-corrected chi connectivity index (χ1v) is 9.58. The summed E-state index contributed by atoms with van der Waals surface area (Å²) in [7, 11) is 2.04. The second-order valence-corrected chi connectivity index (χ2v) is 6.98. The molecule has 2 aromatic carbocycles. The molecule has 1 saturated heterocycles. The molecule has 0 radical (unpaired) electrons. The van der Waals surface area contributed by atoms with E-state index >= 15 is 0 Å². The molecule has 3 rings (SSSR count). The van der Waals surface area contributed by atoms with Crippen LogP contribution in [0.1, 0.15) is 11.1 Å². The van der Waals surface area contributed by atoms with Crippen molar-refractivity contribution in [2.75, 3.05) is 44.8 Å². The van der Waals surface area contributed by atoms with E-state index in [0.29, 0.717) is 0 Å². The van der Waals surface area contributed by atoms with Crippen LogP contribution in [0.2, 0.25) is 0 Å². The molecular weight excluding hydrogens is 342 g/mol. The molecule has 0 atom stereocenters. The lowest BCUT2D eigenvalue weighted by Crippen LogP contribution is -2.37. The van der Waals surface area contributed by atoms with Gasteiger partial charge in [-0.3, -0.25) is 0 Å². The molecule has 138 valence electrons. The number of morpholine rings is 1. The van der Waals surface area contributed by atoms with Gasteiger partial charge < -0.3 is 19.9 Å². The van der Waals surface area contributed by atoms with Crippen LogP contribution in [0.5, 0.6) is 0 Å². The van der Waals surface area contributed by atoms with E-state index in [0.717, 1.165) is 50.9 Å². The number of hydrogen-bond acceptors (Lipinski definition) is 3. The Morgan fingerprint density at radius 2 is 1.73 bits per heavy atom. The van der Waals surface area contributed by atoms with Gasteiger partial charge in [-0.05, 0) is 41.9 Å². The van der Waals surface area contributed by atoms with Gasteiger partial charge in [-0.2, -0.15) is 0 Å². The number of ether oxygens (including phenoxy) is 1. The summed E-state index contributed by atoms with van der Waals surface area (Å²) in [5, 5.41) is 4.14. The summed E-state index contributed by atoms with van der Waals surface area (Å²) in [5.41, 5.74) is 3.85. The first-order chi connectivity index (χ1) is 12.7. The van der Waals surface area contributed by atoms with Crippen molar-refractivity contribution in [2.24, 2.45) is 0 Å². The highest BCUT2D eigenvalue weighted by Gasteiger charge is 2.11. The standard InChI is InChI=1S/C21H27N3OS/c1-23(21(26)22-12-11-18-5-3-2-4-6-18)17-19-7-9-20(10-8-19)24-13-15-25-16-14-24/h2-10H,11-17H2,1H3,(H,22,26). The van der Waals surface area contributed by atoms with Crippen LogP contribution in [-0.2, 0) is 17.7 Å². The van der Waals surface area contributed by atoms with Gasteiger partial charge in [0.1, 0.15) is 0 Å². The van der Waals surface area contributed by atoms with Gasteiger partial charge in [0.15, 0.2) is 5.11 Å². The summed E-state index contributed by atoms with van der Waals surface area (Å²) >= 11 is 5.51. The lowest BCUT2D eigenvalue weighted by molar-refractivity contribution is 0.122. The van der Waals surface area contributed by atoms with Crippen molar-refractivity contribution in [2.45, 2.75) is 13.0 Å². The van der Waals surface area contributed by atoms with Gasteiger partial charge in [-0.15, -0.1) is 0 Å². The predicted molar refractivity (Wildman–Crippen MR) is 112 cm³/mol. The lowest BCUT2D eigenvalue weighted by Gasteiger charge is -2.29. The topological polar surface area (TPSA) is 27.7 Å². The molecule has 0 amide bonds. The van der Waals surface area contributed by atoms with Crippen LogP contribution in [0, 0.1) is 0 Å². The number of hydrogen-bond donors (Lipinski definition) is 1. The van der Waals surface area contributed by atoms with Crippen molar-refractivity contribution >= 4 is 23.0 Å². The van der Waals surface area contributed by atoms with Crippen LogP contribution < -0.4 is 10.2 Å². The summed E-state index contributed by atoms with van der Waals surface area (Å²) in [5.74, 6) is 0. The third-order valence-electron chi connectivity index (χ3n) is 4.61. The fourth-order valence-corrected chi connectivity index (χ4v) is 3.24. The number of benzene rings is 2. The molecule has 1 fully saturated rings. The number of rotatable bonds is 6. The molecule has 1 aliphatic rings. The zero-order valence-electron chi connectivity index (χ0n) is 15.4. The second kappa shape index (κ2) is 9.55. The second-order valence-electron chi connectivity index (χ2n) is 6.59. The Bertz CT molecular complexity index is 684. The molecule has 0 saturated carbocycles. The molecule has 5 heteroatoms. The summed E-state index contributed by atoms with van der Waals surface area (Å²) in [6.07, 6.45) is 0.975. The van der Waals surface area contributed by atoms with E-state index in [9.17, 15) is 0 Å². The molecule has 2 aromatic rings.